The summed E-state index contributed by atoms with van der Waals surface area (Å²) in [7, 11) is 1.31. The van der Waals surface area contributed by atoms with Gasteiger partial charge in [0.1, 0.15) is 35.4 Å². The molecule has 17 heteroatoms. The van der Waals surface area contributed by atoms with E-state index in [-0.39, 0.29) is 43.2 Å². The van der Waals surface area contributed by atoms with Crippen LogP contribution in [0, 0.1) is 11.3 Å². The molecular weight excluding hydrogens is 753 g/mol. The number of nitriles is 1. The molecule has 1 amide bonds. The van der Waals surface area contributed by atoms with Crippen molar-refractivity contribution in [2.75, 3.05) is 32.5 Å². The Morgan fingerprint density at radius 2 is 1.53 bits per heavy atom. The van der Waals surface area contributed by atoms with E-state index < -0.39 is 50.9 Å². The van der Waals surface area contributed by atoms with Crippen molar-refractivity contribution in [2.24, 2.45) is 5.73 Å². The van der Waals surface area contributed by atoms with Gasteiger partial charge in [0.15, 0.2) is 24.0 Å². The first-order chi connectivity index (χ1) is 27.4. The van der Waals surface area contributed by atoms with Gasteiger partial charge in [-0.05, 0) is 68.7 Å². The molecule has 1 aromatic heterocycles. The van der Waals surface area contributed by atoms with Gasteiger partial charge < -0.3 is 39.0 Å². The number of hydroxylamine groups is 1. The standard InChI is InChI=1S/C40H50N7O9P/c1-25(2)47(26(3)4)57(54-22-10-21-41)56-46-37-33(36(50)44-39(46)42)43-24-45(37)38-35(49)34(48)32(55-38)23-53-40(27-11-8-7-9-12-27,28-13-17-30(51-5)18-14-28)29-15-19-31(52-6)20-16-29/h7-9,11-20,24-26,32,34-35,38-39,48-49H,10,22-23,42H2,1-6H3,(H,44,50)/t32-,34-,35-,38-,39?,57?/m1/s1. The summed E-state index contributed by atoms with van der Waals surface area (Å²) < 4.78 is 40.3. The zero-order valence-corrected chi connectivity index (χ0v) is 33.7. The summed E-state index contributed by atoms with van der Waals surface area (Å²) in [6.45, 7) is 7.86. The third-order valence-corrected chi connectivity index (χ3v) is 11.8. The van der Waals surface area contributed by atoms with Crippen LogP contribution in [0.25, 0.3) is 0 Å². The normalized spacial score (nSPS) is 21.4. The highest BCUT2D eigenvalue weighted by molar-refractivity contribution is 7.44. The fourth-order valence-electron chi connectivity index (χ4n) is 7.13. The molecule has 0 saturated carbocycles. The van der Waals surface area contributed by atoms with E-state index >= 15 is 0 Å². The molecule has 3 aromatic carbocycles. The van der Waals surface area contributed by atoms with Gasteiger partial charge in [0.2, 0.25) is 0 Å². The Morgan fingerprint density at radius 1 is 0.947 bits per heavy atom. The predicted octanol–water partition coefficient (Wildman–Crippen LogP) is 4.53. The smallest absolute Gasteiger partial charge is 0.284 e. The number of carbonyl (C=O) groups excluding carboxylic acids is 1. The van der Waals surface area contributed by atoms with E-state index in [1.807, 2.05) is 111 Å². The molecule has 2 aliphatic rings. The van der Waals surface area contributed by atoms with Gasteiger partial charge in [-0.2, -0.15) is 14.9 Å². The number of aliphatic hydroxyl groups is 2. The minimum absolute atomic E-state index is 0.0343. The number of aliphatic hydroxyl groups excluding tert-OH is 2. The molecule has 0 bridgehead atoms. The highest BCUT2D eigenvalue weighted by Gasteiger charge is 2.49. The second-order valence-corrected chi connectivity index (χ2v) is 15.4. The molecule has 6 rings (SSSR count). The van der Waals surface area contributed by atoms with Gasteiger partial charge in [-0.1, -0.05) is 54.6 Å². The third-order valence-electron chi connectivity index (χ3n) is 9.79. The van der Waals surface area contributed by atoms with Crippen LogP contribution < -0.4 is 25.6 Å². The zero-order chi connectivity index (χ0) is 40.9. The number of aromatic nitrogens is 2. The molecule has 0 radical (unpaired) electrons. The van der Waals surface area contributed by atoms with Gasteiger partial charge in [0.05, 0.1) is 46.3 Å². The van der Waals surface area contributed by atoms with Gasteiger partial charge >= 0.3 is 0 Å². The highest BCUT2D eigenvalue weighted by Crippen LogP contribution is 2.49. The van der Waals surface area contributed by atoms with Crippen molar-refractivity contribution in [1.82, 2.24) is 19.5 Å². The lowest BCUT2D eigenvalue weighted by atomic mass is 9.80. The molecule has 2 unspecified atom stereocenters. The maximum absolute atomic E-state index is 13.2. The number of ether oxygens (including phenoxy) is 4. The van der Waals surface area contributed by atoms with E-state index in [1.54, 1.807) is 14.2 Å². The summed E-state index contributed by atoms with van der Waals surface area (Å²) in [6, 6.07) is 26.7. The fraction of sp³-hybridized carbons (Fsp3) is 0.425. The fourth-order valence-corrected chi connectivity index (χ4v) is 8.73. The summed E-state index contributed by atoms with van der Waals surface area (Å²) in [5.41, 5.74) is 7.54. The second kappa shape index (κ2) is 18.3. The van der Waals surface area contributed by atoms with Crippen LogP contribution >= 0.6 is 8.53 Å². The average Bonchev–Trinajstić information content (AvgIpc) is 3.77. The van der Waals surface area contributed by atoms with Gasteiger partial charge in [-0.25, -0.2) is 9.65 Å². The number of anilines is 1. The highest BCUT2D eigenvalue weighted by atomic mass is 31.2. The van der Waals surface area contributed by atoms with Crippen molar-refractivity contribution < 1.29 is 43.1 Å². The van der Waals surface area contributed by atoms with E-state index in [2.05, 4.69) is 16.4 Å². The Kier molecular flexibility index (Phi) is 13.5. The lowest BCUT2D eigenvalue weighted by Gasteiger charge is -2.41. The first-order valence-corrected chi connectivity index (χ1v) is 19.8. The summed E-state index contributed by atoms with van der Waals surface area (Å²) >= 11 is 0. The minimum atomic E-state index is -1.88. The van der Waals surface area contributed by atoms with E-state index in [4.69, 9.17) is 33.8 Å². The lowest BCUT2D eigenvalue weighted by molar-refractivity contribution is -0.0950. The van der Waals surface area contributed by atoms with Crippen LogP contribution in [-0.4, -0.2) is 94.5 Å². The number of nitrogens with zero attached hydrogens (tertiary/aromatic N) is 5. The number of amides is 1. The largest absolute Gasteiger partial charge is 0.497 e. The van der Waals surface area contributed by atoms with Crippen LogP contribution in [0.5, 0.6) is 11.5 Å². The molecule has 4 aromatic rings. The van der Waals surface area contributed by atoms with Gasteiger partial charge in [-0.3, -0.25) is 15.1 Å². The van der Waals surface area contributed by atoms with E-state index in [0.717, 1.165) is 16.7 Å². The molecule has 2 aliphatic heterocycles. The maximum atomic E-state index is 13.2. The molecule has 6 atom stereocenters. The van der Waals surface area contributed by atoms with Gasteiger partial charge in [0, 0.05) is 12.1 Å². The Morgan fingerprint density at radius 3 is 2.07 bits per heavy atom. The molecule has 16 nitrogen and oxygen atoms in total. The van der Waals surface area contributed by atoms with Crippen molar-refractivity contribution in [3.63, 3.8) is 0 Å². The van der Waals surface area contributed by atoms with Crippen molar-refractivity contribution >= 4 is 20.3 Å². The molecule has 0 aliphatic carbocycles. The van der Waals surface area contributed by atoms with Gasteiger partial charge in [0.25, 0.3) is 14.4 Å². The third kappa shape index (κ3) is 8.49. The number of nitrogens with two attached hydrogens (primary N) is 1. The SMILES string of the molecule is COc1ccc(C(OC[C@H]2O[C@@H](n3cnc4c3N(OP(OCCC#N)N(C(C)C)C(C)C)C(N)NC4=O)[C@H](O)[C@@H]2O)(c2ccccc2)c2ccc(OC)cc2)cc1. The minimum Gasteiger partial charge on any atom is -0.497 e. The van der Waals surface area contributed by atoms with Crippen LogP contribution in [0.4, 0.5) is 5.82 Å². The predicted molar refractivity (Wildman–Crippen MR) is 211 cm³/mol. The van der Waals surface area contributed by atoms with Crippen LogP contribution in [-0.2, 0) is 24.2 Å². The van der Waals surface area contributed by atoms with Crippen molar-refractivity contribution in [2.45, 2.75) is 82.6 Å². The van der Waals surface area contributed by atoms with Crippen LogP contribution in [0.1, 0.15) is 67.5 Å². The lowest BCUT2D eigenvalue weighted by Crippen LogP contribution is -2.58. The molecule has 5 N–H and O–H groups in total. The quantitative estimate of drug-likeness (QED) is 0.0660. The van der Waals surface area contributed by atoms with Crippen molar-refractivity contribution in [3.05, 3.63) is 108 Å². The topological polar surface area (TPSA) is 199 Å². The summed E-state index contributed by atoms with van der Waals surface area (Å²) in [5.74, 6) is 0.833. The number of benzene rings is 3. The second-order valence-electron chi connectivity index (χ2n) is 14.1. The number of carbonyl (C=O) groups is 1. The summed E-state index contributed by atoms with van der Waals surface area (Å²) in [5, 5.41) is 36.3. The molecule has 57 heavy (non-hydrogen) atoms. The van der Waals surface area contributed by atoms with E-state index in [0.29, 0.717) is 11.5 Å². The first-order valence-electron chi connectivity index (χ1n) is 18.6. The average molecular weight is 804 g/mol. The monoisotopic (exact) mass is 803 g/mol. The molecular formula is C40H50N7O9P. The number of methoxy groups -OCH3 is 2. The number of fused-ring (bicyclic) bond motifs is 1. The van der Waals surface area contributed by atoms with Crippen LogP contribution in [0.15, 0.2) is 85.2 Å². The molecule has 1 fully saturated rings. The number of hydrogen-bond acceptors (Lipinski definition) is 14. The number of imidazole rings is 1. The Labute approximate surface area is 333 Å². The first kappa shape index (κ1) is 42.0. The number of nitrogens with one attached hydrogen (secondary N) is 1. The molecule has 1 saturated heterocycles. The van der Waals surface area contributed by atoms with Crippen molar-refractivity contribution in [1.29, 1.82) is 5.26 Å². The zero-order valence-electron chi connectivity index (χ0n) is 32.8. The van der Waals surface area contributed by atoms with Crippen LogP contribution in [0.3, 0.4) is 0 Å². The van der Waals surface area contributed by atoms with Crippen molar-refractivity contribution in [3.8, 4) is 17.6 Å². The number of hydrogen-bond donors (Lipinski definition) is 4. The molecule has 304 valence electrons. The number of rotatable bonds is 17. The summed E-state index contributed by atoms with van der Waals surface area (Å²) in [6.07, 6.45) is -4.99. The van der Waals surface area contributed by atoms with Crippen LogP contribution in [0.2, 0.25) is 0 Å². The van der Waals surface area contributed by atoms with E-state index in [1.165, 1.54) is 16.0 Å². The Bertz CT molecular complexity index is 1920. The summed E-state index contributed by atoms with van der Waals surface area (Å²) in [4.78, 5) is 17.6. The Balaban J connectivity index is 1.35. The molecule has 3 heterocycles. The molecule has 0 spiro atoms. The van der Waals surface area contributed by atoms with Gasteiger partial charge in [-0.15, -0.1) is 0 Å². The van der Waals surface area contributed by atoms with E-state index in [9.17, 15) is 20.3 Å². The Hall–Kier alpha value is -4.66. The maximum Gasteiger partial charge on any atom is 0.284 e.